The van der Waals surface area contributed by atoms with Crippen molar-refractivity contribution < 1.29 is 14.7 Å². The summed E-state index contributed by atoms with van der Waals surface area (Å²) in [5.41, 5.74) is 6.12. The Morgan fingerprint density at radius 2 is 1.89 bits per heavy atom. The van der Waals surface area contributed by atoms with Crippen LogP contribution in [0.4, 0.5) is 0 Å². The fraction of sp³-hybridized carbons (Fsp3) is 0.857. The van der Waals surface area contributed by atoms with Gasteiger partial charge >= 0.3 is 5.97 Å². The van der Waals surface area contributed by atoms with E-state index >= 15 is 0 Å². The van der Waals surface area contributed by atoms with Gasteiger partial charge in [-0.15, -0.1) is 0 Å². The molecule has 110 valence electrons. The van der Waals surface area contributed by atoms with Crippen LogP contribution in [0.2, 0.25) is 0 Å². The van der Waals surface area contributed by atoms with Crippen LogP contribution in [0.5, 0.6) is 0 Å². The van der Waals surface area contributed by atoms with E-state index in [1.807, 2.05) is 0 Å². The van der Waals surface area contributed by atoms with E-state index < -0.39 is 5.97 Å². The van der Waals surface area contributed by atoms with Crippen LogP contribution in [-0.4, -0.2) is 29.1 Å². The predicted octanol–water partition coefficient (Wildman–Crippen LogP) is 1.37. The molecule has 0 unspecified atom stereocenters. The van der Waals surface area contributed by atoms with E-state index in [0.29, 0.717) is 18.8 Å². The molecule has 1 rings (SSSR count). The average molecular weight is 270 g/mol. The molecule has 0 bridgehead atoms. The van der Waals surface area contributed by atoms with Crippen molar-refractivity contribution in [3.63, 3.8) is 0 Å². The van der Waals surface area contributed by atoms with Gasteiger partial charge in [-0.1, -0.05) is 26.7 Å². The number of nitrogens with two attached hydrogens (primary N) is 1. The highest BCUT2D eigenvalue weighted by Gasteiger charge is 2.42. The lowest BCUT2D eigenvalue weighted by atomic mass is 9.82. The summed E-state index contributed by atoms with van der Waals surface area (Å²) in [7, 11) is 0. The summed E-state index contributed by atoms with van der Waals surface area (Å²) in [6.45, 7) is 5.70. The standard InChI is InChI=1S/C14H26N2O3/c1-4-9(5-2)13(16-8(3)17)11-6-10(14(18)19)7-12(11)15/h9-13H,4-7,15H2,1-3H3,(H,16,17)(H,18,19)/t10-,11-,12-,13+/m1/s1. The molecule has 1 fully saturated rings. The van der Waals surface area contributed by atoms with E-state index in [4.69, 9.17) is 10.8 Å². The van der Waals surface area contributed by atoms with Gasteiger partial charge in [-0.3, -0.25) is 9.59 Å². The zero-order chi connectivity index (χ0) is 14.6. The molecule has 1 aliphatic rings. The molecule has 4 atom stereocenters. The number of nitrogens with one attached hydrogen (secondary N) is 1. The van der Waals surface area contributed by atoms with E-state index in [9.17, 15) is 9.59 Å². The van der Waals surface area contributed by atoms with Crippen molar-refractivity contribution in [1.29, 1.82) is 0 Å². The highest BCUT2D eigenvalue weighted by atomic mass is 16.4. The highest BCUT2D eigenvalue weighted by Crippen LogP contribution is 2.36. The number of amides is 1. The summed E-state index contributed by atoms with van der Waals surface area (Å²) >= 11 is 0. The van der Waals surface area contributed by atoms with Gasteiger partial charge in [0.25, 0.3) is 0 Å². The zero-order valence-corrected chi connectivity index (χ0v) is 12.1. The fourth-order valence-electron chi connectivity index (χ4n) is 3.32. The van der Waals surface area contributed by atoms with Crippen LogP contribution in [-0.2, 0) is 9.59 Å². The fourth-order valence-corrected chi connectivity index (χ4v) is 3.32. The SMILES string of the molecule is CCC(CC)[C@H](NC(C)=O)[C@@H]1C[C@@H](C(=O)O)C[C@H]1N. The van der Waals surface area contributed by atoms with Crippen LogP contribution in [0.15, 0.2) is 0 Å². The molecule has 19 heavy (non-hydrogen) atoms. The second kappa shape index (κ2) is 6.89. The number of rotatable bonds is 6. The Bertz CT molecular complexity index is 329. The molecule has 0 radical (unpaired) electrons. The third-order valence-corrected chi connectivity index (χ3v) is 4.40. The van der Waals surface area contributed by atoms with Gasteiger partial charge in [0.2, 0.25) is 5.91 Å². The Hall–Kier alpha value is -1.10. The Kier molecular flexibility index (Phi) is 5.79. The van der Waals surface area contributed by atoms with E-state index in [-0.39, 0.29) is 29.8 Å². The first-order chi connectivity index (χ1) is 8.90. The van der Waals surface area contributed by atoms with Crippen LogP contribution in [0.1, 0.15) is 46.5 Å². The lowest BCUT2D eigenvalue weighted by Crippen LogP contribution is -2.48. The maximum absolute atomic E-state index is 11.4. The lowest BCUT2D eigenvalue weighted by Gasteiger charge is -2.33. The molecule has 5 heteroatoms. The molecule has 0 saturated heterocycles. The van der Waals surface area contributed by atoms with E-state index in [1.165, 1.54) is 6.92 Å². The van der Waals surface area contributed by atoms with Gasteiger partial charge in [0.1, 0.15) is 0 Å². The quantitative estimate of drug-likeness (QED) is 0.679. The number of aliphatic carboxylic acids is 1. The highest BCUT2D eigenvalue weighted by molar-refractivity contribution is 5.73. The smallest absolute Gasteiger partial charge is 0.306 e. The third-order valence-electron chi connectivity index (χ3n) is 4.40. The molecule has 0 aromatic rings. The van der Waals surface area contributed by atoms with Crippen molar-refractivity contribution in [2.24, 2.45) is 23.5 Å². The van der Waals surface area contributed by atoms with Gasteiger partial charge in [0.15, 0.2) is 0 Å². The predicted molar refractivity (Wildman–Crippen MR) is 73.5 cm³/mol. The summed E-state index contributed by atoms with van der Waals surface area (Å²) < 4.78 is 0. The van der Waals surface area contributed by atoms with Gasteiger partial charge in [-0.2, -0.15) is 0 Å². The van der Waals surface area contributed by atoms with Crippen molar-refractivity contribution in [3.8, 4) is 0 Å². The second-order valence-corrected chi connectivity index (χ2v) is 5.64. The first-order valence-corrected chi connectivity index (χ1v) is 7.16. The molecule has 4 N–H and O–H groups in total. The van der Waals surface area contributed by atoms with Crippen molar-refractivity contribution in [1.82, 2.24) is 5.32 Å². The normalized spacial score (nSPS) is 28.4. The minimum atomic E-state index is -0.774. The van der Waals surface area contributed by atoms with Gasteiger partial charge in [0.05, 0.1) is 5.92 Å². The number of carbonyl (C=O) groups excluding carboxylic acids is 1. The molecular weight excluding hydrogens is 244 g/mol. The topological polar surface area (TPSA) is 92.4 Å². The molecule has 0 heterocycles. The van der Waals surface area contributed by atoms with Crippen molar-refractivity contribution in [2.75, 3.05) is 0 Å². The number of carboxylic acids is 1. The molecule has 0 aliphatic heterocycles. The van der Waals surface area contributed by atoms with Crippen LogP contribution in [0.25, 0.3) is 0 Å². The maximum atomic E-state index is 11.4. The first-order valence-electron chi connectivity index (χ1n) is 7.16. The average Bonchev–Trinajstić information content (AvgIpc) is 2.71. The van der Waals surface area contributed by atoms with Crippen molar-refractivity contribution in [3.05, 3.63) is 0 Å². The van der Waals surface area contributed by atoms with Crippen LogP contribution >= 0.6 is 0 Å². The number of hydrogen-bond acceptors (Lipinski definition) is 3. The van der Waals surface area contributed by atoms with Crippen molar-refractivity contribution >= 4 is 11.9 Å². The largest absolute Gasteiger partial charge is 0.481 e. The van der Waals surface area contributed by atoms with Crippen LogP contribution < -0.4 is 11.1 Å². The molecule has 0 aromatic heterocycles. The summed E-state index contributed by atoms with van der Waals surface area (Å²) in [5, 5.41) is 12.1. The summed E-state index contributed by atoms with van der Waals surface area (Å²) in [4.78, 5) is 22.5. The van der Waals surface area contributed by atoms with E-state index in [0.717, 1.165) is 12.8 Å². The Morgan fingerprint density at radius 1 is 1.32 bits per heavy atom. The molecule has 0 aromatic carbocycles. The van der Waals surface area contributed by atoms with Gasteiger partial charge in [-0.05, 0) is 24.7 Å². The number of carboxylic acid groups (broad SMARTS) is 1. The lowest BCUT2D eigenvalue weighted by molar-refractivity contribution is -0.141. The van der Waals surface area contributed by atoms with E-state index in [1.54, 1.807) is 0 Å². The Balaban J connectivity index is 2.85. The first kappa shape index (κ1) is 16.0. The number of hydrogen-bond donors (Lipinski definition) is 3. The third kappa shape index (κ3) is 3.93. The van der Waals surface area contributed by atoms with Crippen LogP contribution in [0.3, 0.4) is 0 Å². The molecule has 1 saturated carbocycles. The molecule has 1 aliphatic carbocycles. The van der Waals surface area contributed by atoms with Gasteiger partial charge < -0.3 is 16.2 Å². The molecule has 1 amide bonds. The Morgan fingerprint density at radius 3 is 2.26 bits per heavy atom. The van der Waals surface area contributed by atoms with E-state index in [2.05, 4.69) is 19.2 Å². The number of carbonyl (C=O) groups is 2. The van der Waals surface area contributed by atoms with Gasteiger partial charge in [-0.25, -0.2) is 0 Å². The minimum Gasteiger partial charge on any atom is -0.481 e. The van der Waals surface area contributed by atoms with Gasteiger partial charge in [0, 0.05) is 19.0 Å². The second-order valence-electron chi connectivity index (χ2n) is 5.64. The zero-order valence-electron chi connectivity index (χ0n) is 12.1. The Labute approximate surface area is 114 Å². The maximum Gasteiger partial charge on any atom is 0.306 e. The molecule has 5 nitrogen and oxygen atoms in total. The summed E-state index contributed by atoms with van der Waals surface area (Å²) in [6.07, 6.45) is 3.00. The summed E-state index contributed by atoms with van der Waals surface area (Å²) in [6, 6.07) is -0.148. The summed E-state index contributed by atoms with van der Waals surface area (Å²) in [5.74, 6) is -0.792. The molecular formula is C14H26N2O3. The van der Waals surface area contributed by atoms with Crippen LogP contribution in [0, 0.1) is 17.8 Å². The minimum absolute atomic E-state index is 0.00755. The molecule has 0 spiro atoms. The monoisotopic (exact) mass is 270 g/mol. The van der Waals surface area contributed by atoms with Crippen molar-refractivity contribution in [2.45, 2.75) is 58.5 Å².